The summed E-state index contributed by atoms with van der Waals surface area (Å²) in [7, 11) is 0. The van der Waals surface area contributed by atoms with Gasteiger partial charge in [0.2, 0.25) is 0 Å². The van der Waals surface area contributed by atoms with Crippen LogP contribution < -0.4 is 10.5 Å². The summed E-state index contributed by atoms with van der Waals surface area (Å²) in [5.74, 6) is 1.58. The molecule has 0 saturated heterocycles. The van der Waals surface area contributed by atoms with Crippen LogP contribution in [-0.2, 0) is 0 Å². The van der Waals surface area contributed by atoms with Gasteiger partial charge in [0.25, 0.3) is 0 Å². The first-order chi connectivity index (χ1) is 9.75. The van der Waals surface area contributed by atoms with Gasteiger partial charge in [-0.3, -0.25) is 0 Å². The van der Waals surface area contributed by atoms with Crippen molar-refractivity contribution in [2.24, 2.45) is 22.5 Å². The molecule has 3 unspecified atom stereocenters. The topological polar surface area (TPSA) is 35.2 Å². The highest BCUT2D eigenvalue weighted by Gasteiger charge is 2.62. The molecule has 1 aromatic carbocycles. The van der Waals surface area contributed by atoms with Crippen molar-refractivity contribution >= 4 is 28.8 Å². The second-order valence-electron chi connectivity index (χ2n) is 7.22. The van der Waals surface area contributed by atoms with Gasteiger partial charge in [-0.05, 0) is 48.8 Å². The number of hydrogen-bond donors (Lipinski definition) is 1. The molecule has 2 aliphatic rings. The molecule has 114 valence electrons. The predicted octanol–water partition coefficient (Wildman–Crippen LogP) is 4.57. The third kappa shape index (κ3) is 2.17. The molecular weight excluding hydrogens is 302 g/mol. The van der Waals surface area contributed by atoms with E-state index in [2.05, 4.69) is 20.8 Å². The minimum absolute atomic E-state index is 0.242. The van der Waals surface area contributed by atoms with Crippen LogP contribution in [0.15, 0.2) is 18.2 Å². The van der Waals surface area contributed by atoms with Gasteiger partial charge < -0.3 is 10.5 Å². The first-order valence-electron chi connectivity index (χ1n) is 7.52. The van der Waals surface area contributed by atoms with Gasteiger partial charge in [0, 0.05) is 11.0 Å². The summed E-state index contributed by atoms with van der Waals surface area (Å²) in [4.78, 5) is 0.319. The predicted molar refractivity (Wildman–Crippen MR) is 91.0 cm³/mol. The van der Waals surface area contributed by atoms with Gasteiger partial charge in [-0.25, -0.2) is 0 Å². The average molecular weight is 324 g/mol. The molecule has 2 fully saturated rings. The fourth-order valence-corrected chi connectivity index (χ4v) is 4.75. The lowest BCUT2D eigenvalue weighted by Crippen LogP contribution is -2.38. The molecule has 2 nitrogen and oxygen atoms in total. The van der Waals surface area contributed by atoms with Crippen molar-refractivity contribution in [3.8, 4) is 5.75 Å². The minimum atomic E-state index is 0.242. The van der Waals surface area contributed by atoms with Crippen LogP contribution in [0.4, 0.5) is 0 Å². The highest BCUT2D eigenvalue weighted by atomic mass is 35.5. The van der Waals surface area contributed by atoms with E-state index in [4.69, 9.17) is 34.3 Å². The van der Waals surface area contributed by atoms with Gasteiger partial charge in [0.1, 0.15) is 16.8 Å². The molecule has 2 N–H and O–H groups in total. The number of thiocarbonyl (C=S) groups is 1. The number of fused-ring (bicyclic) bond motifs is 2. The highest BCUT2D eigenvalue weighted by molar-refractivity contribution is 7.80. The molecule has 0 spiro atoms. The second-order valence-corrected chi connectivity index (χ2v) is 8.07. The number of nitrogens with two attached hydrogens (primary N) is 1. The van der Waals surface area contributed by atoms with Crippen molar-refractivity contribution in [1.82, 2.24) is 0 Å². The third-order valence-corrected chi connectivity index (χ3v) is 6.73. The fourth-order valence-electron chi connectivity index (χ4n) is 4.24. The third-order valence-electron chi connectivity index (χ3n) is 6.20. The van der Waals surface area contributed by atoms with Crippen LogP contribution in [0.3, 0.4) is 0 Å². The summed E-state index contributed by atoms with van der Waals surface area (Å²) in [6, 6.07) is 5.60. The van der Waals surface area contributed by atoms with Crippen molar-refractivity contribution in [3.05, 3.63) is 28.8 Å². The molecule has 21 heavy (non-hydrogen) atoms. The molecule has 0 amide bonds. The Morgan fingerprint density at radius 2 is 2.10 bits per heavy atom. The molecule has 3 atom stereocenters. The molecule has 0 radical (unpaired) electrons. The Morgan fingerprint density at radius 3 is 2.57 bits per heavy atom. The number of halogens is 1. The lowest BCUT2D eigenvalue weighted by Gasteiger charge is -2.38. The van der Waals surface area contributed by atoms with E-state index in [1.54, 1.807) is 0 Å². The summed E-state index contributed by atoms with van der Waals surface area (Å²) in [5, 5.41) is 0.563. The smallest absolute Gasteiger partial charge is 0.121 e. The summed E-state index contributed by atoms with van der Waals surface area (Å²) in [6.45, 7) is 7.14. The Morgan fingerprint density at radius 1 is 1.38 bits per heavy atom. The van der Waals surface area contributed by atoms with Crippen molar-refractivity contribution in [2.75, 3.05) is 0 Å². The lowest BCUT2D eigenvalue weighted by atomic mass is 9.70. The largest absolute Gasteiger partial charge is 0.490 e. The molecule has 0 heterocycles. The maximum Gasteiger partial charge on any atom is 0.121 e. The van der Waals surface area contributed by atoms with Gasteiger partial charge in [0.15, 0.2) is 0 Å². The van der Waals surface area contributed by atoms with Gasteiger partial charge in [0.05, 0.1) is 5.02 Å². The number of rotatable bonds is 3. The second kappa shape index (κ2) is 4.85. The van der Waals surface area contributed by atoms with E-state index >= 15 is 0 Å². The Labute approximate surface area is 137 Å². The maximum absolute atomic E-state index is 6.29. The molecular formula is C17H22ClNOS. The van der Waals surface area contributed by atoms with Crippen LogP contribution in [0.5, 0.6) is 5.75 Å². The molecule has 4 heteroatoms. The van der Waals surface area contributed by atoms with Gasteiger partial charge >= 0.3 is 0 Å². The Balaban J connectivity index is 1.83. The lowest BCUT2D eigenvalue weighted by molar-refractivity contribution is 0.0302. The molecule has 2 aliphatic carbocycles. The summed E-state index contributed by atoms with van der Waals surface area (Å²) < 4.78 is 6.29. The van der Waals surface area contributed by atoms with E-state index in [-0.39, 0.29) is 11.5 Å². The van der Waals surface area contributed by atoms with Crippen molar-refractivity contribution < 1.29 is 4.74 Å². The van der Waals surface area contributed by atoms with Crippen LogP contribution in [0.1, 0.15) is 45.6 Å². The normalized spacial score (nSPS) is 33.1. The Bertz CT molecular complexity index is 600. The van der Waals surface area contributed by atoms with Crippen LogP contribution in [0, 0.1) is 16.7 Å². The van der Waals surface area contributed by atoms with Crippen LogP contribution in [-0.4, -0.2) is 11.1 Å². The summed E-state index contributed by atoms with van der Waals surface area (Å²) in [6.07, 6.45) is 3.97. The van der Waals surface area contributed by atoms with E-state index in [1.807, 2.05) is 18.2 Å². The maximum atomic E-state index is 6.29. The number of ether oxygens (including phenoxy) is 1. The van der Waals surface area contributed by atoms with E-state index in [0.717, 1.165) is 18.1 Å². The first kappa shape index (κ1) is 15.1. The molecule has 2 saturated carbocycles. The number of hydrogen-bond acceptors (Lipinski definition) is 2. The quantitative estimate of drug-likeness (QED) is 0.828. The van der Waals surface area contributed by atoms with Crippen LogP contribution in [0.2, 0.25) is 5.02 Å². The van der Waals surface area contributed by atoms with E-state index < -0.39 is 0 Å². The SMILES string of the molecule is CC1(C)C2CCC1(C)C(Oc1ccc(C(N)=S)c(Cl)c1)C2. The Kier molecular flexibility index (Phi) is 3.49. The fraction of sp³-hybridized carbons (Fsp3) is 0.588. The highest BCUT2D eigenvalue weighted by Crippen LogP contribution is 2.66. The van der Waals surface area contributed by atoms with Crippen molar-refractivity contribution in [1.29, 1.82) is 0 Å². The van der Waals surface area contributed by atoms with E-state index in [9.17, 15) is 0 Å². The summed E-state index contributed by atoms with van der Waals surface area (Å²) in [5.41, 5.74) is 6.94. The molecule has 3 rings (SSSR count). The Hall–Kier alpha value is -0.800. The van der Waals surface area contributed by atoms with Gasteiger partial charge in [-0.2, -0.15) is 0 Å². The zero-order chi connectivity index (χ0) is 15.4. The zero-order valence-corrected chi connectivity index (χ0v) is 14.4. The van der Waals surface area contributed by atoms with Gasteiger partial charge in [-0.15, -0.1) is 0 Å². The average Bonchev–Trinajstić information content (AvgIpc) is 2.71. The summed E-state index contributed by atoms with van der Waals surface area (Å²) >= 11 is 11.2. The molecule has 0 aromatic heterocycles. The molecule has 2 bridgehead atoms. The van der Waals surface area contributed by atoms with E-state index in [1.165, 1.54) is 12.8 Å². The zero-order valence-electron chi connectivity index (χ0n) is 12.8. The van der Waals surface area contributed by atoms with Gasteiger partial charge in [-0.1, -0.05) is 44.6 Å². The van der Waals surface area contributed by atoms with Crippen molar-refractivity contribution in [3.63, 3.8) is 0 Å². The monoisotopic (exact) mass is 323 g/mol. The molecule has 0 aliphatic heterocycles. The first-order valence-corrected chi connectivity index (χ1v) is 8.30. The molecule has 1 aromatic rings. The minimum Gasteiger partial charge on any atom is -0.490 e. The number of benzene rings is 1. The van der Waals surface area contributed by atoms with E-state index in [0.29, 0.717) is 21.0 Å². The van der Waals surface area contributed by atoms with Crippen molar-refractivity contribution in [2.45, 2.75) is 46.1 Å². The van der Waals surface area contributed by atoms with Crippen LogP contribution in [0.25, 0.3) is 0 Å². The standard InChI is InChI=1S/C17H22ClNOS/c1-16(2)10-6-7-17(16,3)14(8-10)20-11-4-5-12(15(19)21)13(18)9-11/h4-5,9-10,14H,6-8H2,1-3H3,(H2,19,21). The van der Waals surface area contributed by atoms with Crippen LogP contribution >= 0.6 is 23.8 Å².